The van der Waals surface area contributed by atoms with Crippen molar-refractivity contribution in [3.05, 3.63) is 53.6 Å². The van der Waals surface area contributed by atoms with Crippen molar-refractivity contribution in [3.8, 4) is 5.75 Å². The first-order chi connectivity index (χ1) is 19.8. The number of carbonyl (C=O) groups is 5. The maximum Gasteiger partial charge on any atom is 0.328 e. The summed E-state index contributed by atoms with van der Waals surface area (Å²) in [5, 5.41) is 27.7. The lowest BCUT2D eigenvalue weighted by Crippen LogP contribution is -2.52. The lowest BCUT2D eigenvalue weighted by Gasteiger charge is -2.28. The fraction of sp³-hybridized carbons (Fsp3) is 0.433. The third-order valence-electron chi connectivity index (χ3n) is 7.64. The number of hydrogen-bond acceptors (Lipinski definition) is 6. The number of hydrogen-bond donors (Lipinski definition) is 5. The van der Waals surface area contributed by atoms with Gasteiger partial charge in [-0.15, -0.1) is 0 Å². The quantitative estimate of drug-likeness (QED) is 0.198. The first kappa shape index (κ1) is 30.4. The van der Waals surface area contributed by atoms with E-state index < -0.39 is 47.5 Å². The number of imide groups is 1. The van der Waals surface area contributed by atoms with Crippen LogP contribution in [0.4, 0.5) is 21.0 Å². The van der Waals surface area contributed by atoms with Gasteiger partial charge in [-0.1, -0.05) is 37.1 Å². The third kappa shape index (κ3) is 6.81. The van der Waals surface area contributed by atoms with Crippen LogP contribution in [0.15, 0.2) is 42.5 Å². The highest BCUT2D eigenvalue weighted by Crippen LogP contribution is 2.38. The second-order valence-electron chi connectivity index (χ2n) is 11.6. The van der Waals surface area contributed by atoms with E-state index in [1.807, 2.05) is 19.1 Å². The van der Waals surface area contributed by atoms with E-state index in [1.165, 1.54) is 17.0 Å². The van der Waals surface area contributed by atoms with Crippen LogP contribution in [0.5, 0.6) is 5.75 Å². The van der Waals surface area contributed by atoms with Gasteiger partial charge in [-0.25, -0.2) is 14.5 Å². The number of carboxylic acid groups (broad SMARTS) is 1. The van der Waals surface area contributed by atoms with Gasteiger partial charge in [0.15, 0.2) is 0 Å². The zero-order chi connectivity index (χ0) is 30.8. The minimum absolute atomic E-state index is 0.0372. The zero-order valence-corrected chi connectivity index (χ0v) is 24.1. The highest BCUT2D eigenvalue weighted by atomic mass is 16.4. The van der Waals surface area contributed by atoms with E-state index in [0.717, 1.165) is 23.3 Å². The van der Waals surface area contributed by atoms with Crippen molar-refractivity contribution in [2.75, 3.05) is 10.6 Å². The van der Waals surface area contributed by atoms with Crippen LogP contribution in [0.1, 0.15) is 57.6 Å². The molecule has 2 aromatic rings. The Balaban J connectivity index is 1.48. The average Bonchev–Trinajstić information content (AvgIpc) is 3.70. The Morgan fingerprint density at radius 1 is 1.05 bits per heavy atom. The Kier molecular flexibility index (Phi) is 8.74. The number of phenols is 1. The number of amides is 6. The molecule has 1 aliphatic carbocycles. The highest BCUT2D eigenvalue weighted by Gasteiger charge is 2.55. The molecule has 4 rings (SSSR count). The van der Waals surface area contributed by atoms with Crippen molar-refractivity contribution in [1.82, 2.24) is 15.1 Å². The predicted molar refractivity (Wildman–Crippen MR) is 155 cm³/mol. The summed E-state index contributed by atoms with van der Waals surface area (Å²) in [7, 11) is 0. The summed E-state index contributed by atoms with van der Waals surface area (Å²) in [6.07, 6.45) is 1.79. The number of nitrogens with zero attached hydrogens (tertiary/aromatic N) is 2. The molecule has 1 saturated carbocycles. The number of carbonyl (C=O) groups excluding carboxylic acids is 4. The van der Waals surface area contributed by atoms with E-state index in [4.69, 9.17) is 5.11 Å². The number of para-hydroxylation sites is 1. The minimum atomic E-state index is -1.29. The number of anilines is 2. The Hall–Kier alpha value is -4.61. The zero-order valence-electron chi connectivity index (χ0n) is 24.1. The van der Waals surface area contributed by atoms with Crippen molar-refractivity contribution < 1.29 is 34.2 Å². The third-order valence-corrected chi connectivity index (χ3v) is 7.64. The number of aliphatic carboxylic acids is 1. The van der Waals surface area contributed by atoms with Gasteiger partial charge in [-0.05, 0) is 69.4 Å². The van der Waals surface area contributed by atoms with Crippen LogP contribution >= 0.6 is 0 Å². The summed E-state index contributed by atoms with van der Waals surface area (Å²) in [6, 6.07) is 8.87. The van der Waals surface area contributed by atoms with Crippen LogP contribution in [0.3, 0.4) is 0 Å². The number of nitrogens with one attached hydrogen (secondary N) is 3. The molecule has 5 N–H and O–H groups in total. The summed E-state index contributed by atoms with van der Waals surface area (Å²) in [4.78, 5) is 66.3. The molecule has 12 heteroatoms. The molecule has 224 valence electrons. The Morgan fingerprint density at radius 3 is 2.33 bits per heavy atom. The van der Waals surface area contributed by atoms with Crippen molar-refractivity contribution in [2.24, 2.45) is 5.92 Å². The topological polar surface area (TPSA) is 168 Å². The van der Waals surface area contributed by atoms with E-state index in [2.05, 4.69) is 16.0 Å². The summed E-state index contributed by atoms with van der Waals surface area (Å²) in [5.41, 5.74) is 0.879. The van der Waals surface area contributed by atoms with Crippen molar-refractivity contribution in [2.45, 2.75) is 77.5 Å². The van der Waals surface area contributed by atoms with Gasteiger partial charge in [0.2, 0.25) is 5.91 Å². The first-order valence-corrected chi connectivity index (χ1v) is 13.9. The molecule has 1 unspecified atom stereocenters. The van der Waals surface area contributed by atoms with Crippen LogP contribution in [-0.2, 0) is 20.9 Å². The smallest absolute Gasteiger partial charge is 0.328 e. The lowest BCUT2D eigenvalue weighted by molar-refractivity contribution is -0.140. The van der Waals surface area contributed by atoms with Crippen LogP contribution in [0, 0.1) is 12.8 Å². The van der Waals surface area contributed by atoms with E-state index in [-0.39, 0.29) is 30.3 Å². The largest absolute Gasteiger partial charge is 0.506 e. The molecule has 2 atom stereocenters. The van der Waals surface area contributed by atoms with E-state index >= 15 is 0 Å². The molecule has 1 heterocycles. The molecule has 6 amide bonds. The van der Waals surface area contributed by atoms with E-state index in [0.29, 0.717) is 17.7 Å². The normalized spacial score (nSPS) is 17.5. The molecule has 0 bridgehead atoms. The van der Waals surface area contributed by atoms with E-state index in [1.54, 1.807) is 39.0 Å². The summed E-state index contributed by atoms with van der Waals surface area (Å²) in [6.45, 7) is 6.57. The van der Waals surface area contributed by atoms with Crippen molar-refractivity contribution in [1.29, 1.82) is 0 Å². The van der Waals surface area contributed by atoms with Gasteiger partial charge >= 0.3 is 18.0 Å². The van der Waals surface area contributed by atoms with Crippen LogP contribution in [0.25, 0.3) is 0 Å². The maximum absolute atomic E-state index is 13.7. The van der Waals surface area contributed by atoms with Crippen LogP contribution in [0.2, 0.25) is 0 Å². The summed E-state index contributed by atoms with van der Waals surface area (Å²) >= 11 is 0. The molecule has 2 aromatic carbocycles. The van der Waals surface area contributed by atoms with Gasteiger partial charge < -0.3 is 31.1 Å². The fourth-order valence-corrected chi connectivity index (χ4v) is 5.01. The van der Waals surface area contributed by atoms with Crippen molar-refractivity contribution in [3.63, 3.8) is 0 Å². The number of phenolic OH excluding ortho intramolecular Hbond substituents is 1. The van der Waals surface area contributed by atoms with Gasteiger partial charge in [0.05, 0.1) is 12.1 Å². The predicted octanol–water partition coefficient (Wildman–Crippen LogP) is 4.04. The Morgan fingerprint density at radius 2 is 1.71 bits per heavy atom. The Labute approximate surface area is 244 Å². The van der Waals surface area contributed by atoms with Gasteiger partial charge in [-0.3, -0.25) is 14.4 Å². The lowest BCUT2D eigenvalue weighted by atomic mass is 10.0. The molecule has 12 nitrogen and oxygen atoms in total. The van der Waals surface area contributed by atoms with E-state index in [9.17, 15) is 29.1 Å². The second kappa shape index (κ2) is 12.1. The number of rotatable bonds is 11. The van der Waals surface area contributed by atoms with Gasteiger partial charge in [-0.2, -0.15) is 0 Å². The molecule has 0 aromatic heterocycles. The number of urea groups is 2. The summed E-state index contributed by atoms with van der Waals surface area (Å²) < 4.78 is 0. The number of aryl methyl sites for hydroxylation is 1. The molecule has 42 heavy (non-hydrogen) atoms. The molecule has 1 saturated heterocycles. The fourth-order valence-electron chi connectivity index (χ4n) is 5.01. The highest BCUT2D eigenvalue weighted by molar-refractivity contribution is 6.09. The standard InChI is InChI=1S/C30H37N5O7/c1-17-7-5-6-8-21(17)32-28(41)33-22-12-11-20(15-24(22)36)16-34-29(42)35(27(40)30(34,3)4)23(14-19-9-10-19)26(39)31-18(2)13-25(37)38/h5-8,11-12,15,18-19,23,36H,9-10,13-14,16H2,1-4H3,(H,31,39)(H,37,38)(H2,32,33,41)/t18?,23-/m0/s1. The van der Waals surface area contributed by atoms with Gasteiger partial charge in [0, 0.05) is 18.3 Å². The maximum atomic E-state index is 13.7. The number of benzene rings is 2. The van der Waals surface area contributed by atoms with Gasteiger partial charge in [0.25, 0.3) is 5.91 Å². The Bertz CT molecular complexity index is 1400. The average molecular weight is 580 g/mol. The molecule has 2 fully saturated rings. The van der Waals surface area contributed by atoms with Crippen LogP contribution < -0.4 is 16.0 Å². The minimum Gasteiger partial charge on any atom is -0.506 e. The molecular formula is C30H37N5O7. The molecule has 0 radical (unpaired) electrons. The number of aromatic hydroxyl groups is 1. The molecule has 2 aliphatic rings. The summed E-state index contributed by atoms with van der Waals surface area (Å²) in [5.74, 6) is -2.19. The molecule has 1 aliphatic heterocycles. The van der Waals surface area contributed by atoms with Gasteiger partial charge in [0.1, 0.15) is 17.3 Å². The second-order valence-corrected chi connectivity index (χ2v) is 11.6. The SMILES string of the molecule is Cc1ccccc1NC(=O)Nc1ccc(CN2C(=O)N([C@@H](CC3CC3)C(=O)NC(C)CC(=O)O)C(=O)C2(C)C)cc1O. The van der Waals surface area contributed by atoms with Crippen LogP contribution in [-0.4, -0.2) is 67.5 Å². The molecule has 0 spiro atoms. The first-order valence-electron chi connectivity index (χ1n) is 13.9. The van der Waals surface area contributed by atoms with Crippen molar-refractivity contribution >= 4 is 41.2 Å². The monoisotopic (exact) mass is 579 g/mol. The number of carboxylic acids is 1. The molecular weight excluding hydrogens is 542 g/mol.